The number of imidazole rings is 1. The molecule has 1 fully saturated rings. The highest BCUT2D eigenvalue weighted by Crippen LogP contribution is 2.22. The number of aromatic amines is 2. The van der Waals surface area contributed by atoms with Crippen LogP contribution in [0, 0.1) is 0 Å². The van der Waals surface area contributed by atoms with Gasteiger partial charge in [-0.25, -0.2) is 9.78 Å². The second-order valence-electron chi connectivity index (χ2n) is 6.24. The van der Waals surface area contributed by atoms with Crippen molar-refractivity contribution < 1.29 is 5.11 Å². The first-order valence-corrected chi connectivity index (χ1v) is 8.26. The predicted molar refractivity (Wildman–Crippen MR) is 92.8 cm³/mol. The van der Waals surface area contributed by atoms with Crippen LogP contribution in [0.1, 0.15) is 18.5 Å². The van der Waals surface area contributed by atoms with E-state index in [0.29, 0.717) is 16.9 Å². The molecule has 130 valence electrons. The fourth-order valence-corrected chi connectivity index (χ4v) is 2.80. The van der Waals surface area contributed by atoms with Gasteiger partial charge in [-0.05, 0) is 31.1 Å². The Balaban J connectivity index is 1.80. The lowest BCUT2D eigenvalue weighted by Gasteiger charge is -2.03. The summed E-state index contributed by atoms with van der Waals surface area (Å²) in [5.41, 5.74) is 1.12. The van der Waals surface area contributed by atoms with Gasteiger partial charge in [-0.2, -0.15) is 9.61 Å². The Morgan fingerprint density at radius 1 is 1.27 bits per heavy atom. The molecule has 1 aliphatic carbocycles. The molecule has 1 aliphatic rings. The van der Waals surface area contributed by atoms with Crippen molar-refractivity contribution in [1.29, 1.82) is 0 Å². The molecule has 0 aliphatic heterocycles. The zero-order valence-electron chi connectivity index (χ0n) is 13.6. The number of hydrogen-bond donors (Lipinski definition) is 3. The molecule has 1 saturated carbocycles. The summed E-state index contributed by atoms with van der Waals surface area (Å²) in [4.78, 5) is 25.6. The van der Waals surface area contributed by atoms with E-state index in [2.05, 4.69) is 20.1 Å². The highest BCUT2D eigenvalue weighted by Gasteiger charge is 2.20. The first-order valence-electron chi connectivity index (χ1n) is 8.26. The van der Waals surface area contributed by atoms with Gasteiger partial charge in [-0.3, -0.25) is 9.98 Å². The van der Waals surface area contributed by atoms with Crippen molar-refractivity contribution in [3.63, 3.8) is 0 Å². The third-order valence-corrected chi connectivity index (χ3v) is 4.23. The number of hydrogen-bond acceptors (Lipinski definition) is 5. The highest BCUT2D eigenvalue weighted by atomic mass is 16.3. The van der Waals surface area contributed by atoms with Crippen molar-refractivity contribution in [2.45, 2.75) is 18.9 Å². The monoisotopic (exact) mass is 349 g/mol. The molecule has 0 aromatic carbocycles. The second-order valence-corrected chi connectivity index (χ2v) is 6.24. The summed E-state index contributed by atoms with van der Waals surface area (Å²) in [5.74, 6) is 0.502. The average molecular weight is 349 g/mol. The van der Waals surface area contributed by atoms with E-state index >= 15 is 0 Å². The van der Waals surface area contributed by atoms with Gasteiger partial charge < -0.3 is 14.7 Å². The number of aromatic nitrogens is 6. The minimum atomic E-state index is -0.476. The van der Waals surface area contributed by atoms with E-state index in [0.717, 1.165) is 24.1 Å². The van der Waals surface area contributed by atoms with Gasteiger partial charge in [0.05, 0.1) is 12.2 Å². The van der Waals surface area contributed by atoms with Crippen LogP contribution in [0.3, 0.4) is 0 Å². The van der Waals surface area contributed by atoms with Gasteiger partial charge in [0.15, 0.2) is 11.1 Å². The fraction of sp³-hybridized carbons (Fsp3) is 0.176. The van der Waals surface area contributed by atoms with Crippen LogP contribution in [0.4, 0.5) is 0 Å². The van der Waals surface area contributed by atoms with E-state index in [9.17, 15) is 9.90 Å². The molecule has 0 spiro atoms. The third-order valence-electron chi connectivity index (χ3n) is 4.23. The Morgan fingerprint density at radius 3 is 2.77 bits per heavy atom. The van der Waals surface area contributed by atoms with Crippen molar-refractivity contribution in [2.75, 3.05) is 0 Å². The largest absolute Gasteiger partial charge is 0.493 e. The maximum Gasteiger partial charge on any atom is 0.326 e. The minimum Gasteiger partial charge on any atom is -0.493 e. The topological polar surface area (TPSA) is 116 Å². The van der Waals surface area contributed by atoms with Crippen molar-refractivity contribution in [3.05, 3.63) is 63.7 Å². The lowest BCUT2D eigenvalue weighted by Crippen LogP contribution is -2.20. The molecule has 4 aromatic heterocycles. The average Bonchev–Trinajstić information content (AvgIpc) is 3.01. The summed E-state index contributed by atoms with van der Waals surface area (Å²) in [5, 5.41) is 14.9. The molecule has 9 nitrogen and oxygen atoms in total. The maximum absolute atomic E-state index is 11.3. The molecule has 0 atom stereocenters. The summed E-state index contributed by atoms with van der Waals surface area (Å²) < 4.78 is 3.58. The van der Waals surface area contributed by atoms with Crippen molar-refractivity contribution in [1.82, 2.24) is 29.1 Å². The van der Waals surface area contributed by atoms with Crippen LogP contribution >= 0.6 is 0 Å². The summed E-state index contributed by atoms with van der Waals surface area (Å²) in [6.07, 6.45) is 9.26. The Morgan fingerprint density at radius 2 is 2.08 bits per heavy atom. The summed E-state index contributed by atoms with van der Waals surface area (Å²) >= 11 is 0. The Hall–Kier alpha value is -3.62. The van der Waals surface area contributed by atoms with Crippen molar-refractivity contribution >= 4 is 11.7 Å². The molecular formula is C17H15N7O2. The number of fused-ring (bicyclic) bond motifs is 1. The van der Waals surface area contributed by atoms with E-state index in [1.54, 1.807) is 16.8 Å². The zero-order valence-corrected chi connectivity index (χ0v) is 13.6. The van der Waals surface area contributed by atoms with Crippen LogP contribution in [-0.2, 0) is 0 Å². The first-order chi connectivity index (χ1) is 12.7. The van der Waals surface area contributed by atoms with E-state index in [1.165, 1.54) is 0 Å². The van der Waals surface area contributed by atoms with Gasteiger partial charge in [0.25, 0.3) is 0 Å². The number of H-pyrrole nitrogens is 2. The molecule has 4 aromatic rings. The standard InChI is InChI=1S/C17H15N7O2/c25-16-12(20-17(26)22-16)7-10-9-18-24-14(19-11-3-4-11)8-13(21-15(10)24)23-5-1-2-6-23/h1-2,5-9,11,25H,3-4H2,(H2,20,22,26). The number of nitrogens with zero attached hydrogens (tertiary/aromatic N) is 5. The molecule has 0 amide bonds. The van der Waals surface area contributed by atoms with E-state index in [-0.39, 0.29) is 11.6 Å². The van der Waals surface area contributed by atoms with E-state index in [4.69, 9.17) is 4.99 Å². The smallest absolute Gasteiger partial charge is 0.326 e. The van der Waals surface area contributed by atoms with Gasteiger partial charge in [0.2, 0.25) is 5.88 Å². The minimum absolute atomic E-state index is 0.223. The maximum atomic E-state index is 11.3. The molecule has 3 N–H and O–H groups in total. The molecule has 5 rings (SSSR count). The van der Waals surface area contributed by atoms with E-state index < -0.39 is 5.69 Å². The van der Waals surface area contributed by atoms with Crippen LogP contribution in [0.5, 0.6) is 5.88 Å². The lowest BCUT2D eigenvalue weighted by atomic mass is 10.3. The Kier molecular flexibility index (Phi) is 3.08. The molecule has 0 bridgehead atoms. The summed E-state index contributed by atoms with van der Waals surface area (Å²) in [6.45, 7) is 0. The van der Waals surface area contributed by atoms with Gasteiger partial charge in [0.1, 0.15) is 11.5 Å². The normalized spacial score (nSPS) is 16.0. The lowest BCUT2D eigenvalue weighted by molar-refractivity contribution is 0.454. The SMILES string of the molecule is O=c1[nH]c(O)c(C=c2cnn3c(=NC4CC4)cc(-n4cccc4)nc23)[nH]1. The molecule has 4 heterocycles. The van der Waals surface area contributed by atoms with Gasteiger partial charge in [-0.15, -0.1) is 0 Å². The van der Waals surface area contributed by atoms with Crippen LogP contribution in [-0.4, -0.2) is 40.3 Å². The zero-order chi connectivity index (χ0) is 17.7. The van der Waals surface area contributed by atoms with Crippen molar-refractivity contribution in [2.24, 2.45) is 4.99 Å². The predicted octanol–water partition coefficient (Wildman–Crippen LogP) is -0.147. The van der Waals surface area contributed by atoms with E-state index in [1.807, 2.05) is 35.2 Å². The molecular weight excluding hydrogens is 334 g/mol. The molecule has 0 radical (unpaired) electrons. The van der Waals surface area contributed by atoms with Crippen LogP contribution in [0.15, 0.2) is 46.6 Å². The van der Waals surface area contributed by atoms with Crippen LogP contribution < -0.4 is 16.4 Å². The van der Waals surface area contributed by atoms with Gasteiger partial charge in [0, 0.05) is 23.7 Å². The Bertz CT molecular complexity index is 1270. The second kappa shape index (κ2) is 5.45. The number of nitrogens with one attached hydrogen (secondary N) is 2. The number of rotatable bonds is 3. The fourth-order valence-electron chi connectivity index (χ4n) is 2.80. The molecule has 0 unspecified atom stereocenters. The highest BCUT2D eigenvalue weighted by molar-refractivity contribution is 5.57. The van der Waals surface area contributed by atoms with Crippen LogP contribution in [0.25, 0.3) is 17.5 Å². The number of aromatic hydroxyl groups is 1. The molecule has 0 saturated heterocycles. The van der Waals surface area contributed by atoms with Gasteiger partial charge in [-0.1, -0.05) is 0 Å². The molecule has 26 heavy (non-hydrogen) atoms. The summed E-state index contributed by atoms with van der Waals surface area (Å²) in [6, 6.07) is 6.09. The Labute approximate surface area is 146 Å². The summed E-state index contributed by atoms with van der Waals surface area (Å²) in [7, 11) is 0. The van der Waals surface area contributed by atoms with Crippen LogP contribution in [0.2, 0.25) is 0 Å². The van der Waals surface area contributed by atoms with Gasteiger partial charge >= 0.3 is 5.69 Å². The molecule has 9 heteroatoms. The third kappa shape index (κ3) is 2.50. The first kappa shape index (κ1) is 14.7. The quantitative estimate of drug-likeness (QED) is 0.477. The van der Waals surface area contributed by atoms with Crippen molar-refractivity contribution in [3.8, 4) is 11.7 Å².